The molecule has 0 unspecified atom stereocenters. The van der Waals surface area contributed by atoms with Crippen LogP contribution in [0.4, 0.5) is 18.9 Å². The first-order valence-corrected chi connectivity index (χ1v) is 5.74. The van der Waals surface area contributed by atoms with Gasteiger partial charge < -0.3 is 5.32 Å². The highest BCUT2D eigenvalue weighted by Gasteiger charge is 2.33. The summed E-state index contributed by atoms with van der Waals surface area (Å²) in [6, 6.07) is 6.75. The second-order valence-corrected chi connectivity index (χ2v) is 4.20. The Morgan fingerprint density at radius 1 is 1.35 bits per heavy atom. The number of aromatic nitrogens is 2. The molecule has 1 aromatic carbocycles. The summed E-state index contributed by atoms with van der Waals surface area (Å²) in [5.74, 6) is 0. The molecular formula is C13H11F3N4. The summed E-state index contributed by atoms with van der Waals surface area (Å²) in [6.07, 6.45) is -2.75. The van der Waals surface area contributed by atoms with E-state index in [-0.39, 0.29) is 0 Å². The number of hydrogen-bond donors (Lipinski definition) is 1. The number of benzene rings is 1. The van der Waals surface area contributed by atoms with Crippen LogP contribution >= 0.6 is 0 Å². The fourth-order valence-electron chi connectivity index (χ4n) is 1.74. The van der Waals surface area contributed by atoms with Gasteiger partial charge in [-0.15, -0.1) is 0 Å². The van der Waals surface area contributed by atoms with Crippen LogP contribution in [0.2, 0.25) is 0 Å². The smallest absolute Gasteiger partial charge is 0.379 e. The van der Waals surface area contributed by atoms with Crippen molar-refractivity contribution in [2.24, 2.45) is 7.05 Å². The lowest BCUT2D eigenvalue weighted by molar-refractivity contribution is -0.137. The number of halogens is 3. The molecular weight excluding hydrogens is 269 g/mol. The average Bonchev–Trinajstić information content (AvgIpc) is 2.80. The molecule has 0 aliphatic heterocycles. The van der Waals surface area contributed by atoms with Gasteiger partial charge in [0.1, 0.15) is 0 Å². The summed E-state index contributed by atoms with van der Waals surface area (Å²) >= 11 is 0. The summed E-state index contributed by atoms with van der Waals surface area (Å²) < 4.78 is 39.5. The van der Waals surface area contributed by atoms with Crippen LogP contribution in [0.5, 0.6) is 0 Å². The van der Waals surface area contributed by atoms with E-state index in [1.54, 1.807) is 30.1 Å². The normalized spacial score (nSPS) is 11.2. The van der Waals surface area contributed by atoms with E-state index in [1.165, 1.54) is 12.1 Å². The highest BCUT2D eigenvalue weighted by atomic mass is 19.4. The Hall–Kier alpha value is -2.49. The van der Waals surface area contributed by atoms with Crippen molar-refractivity contribution in [1.82, 2.24) is 9.78 Å². The predicted octanol–water partition coefficient (Wildman–Crippen LogP) is 2.92. The molecule has 0 aliphatic rings. The Morgan fingerprint density at radius 2 is 2.10 bits per heavy atom. The molecule has 0 amide bonds. The van der Waals surface area contributed by atoms with Crippen LogP contribution in [-0.4, -0.2) is 9.78 Å². The topological polar surface area (TPSA) is 53.6 Å². The van der Waals surface area contributed by atoms with Crippen LogP contribution < -0.4 is 5.32 Å². The van der Waals surface area contributed by atoms with Gasteiger partial charge in [-0.05, 0) is 24.3 Å². The van der Waals surface area contributed by atoms with Gasteiger partial charge in [0.15, 0.2) is 0 Å². The number of anilines is 1. The number of hydrogen-bond acceptors (Lipinski definition) is 3. The summed E-state index contributed by atoms with van der Waals surface area (Å²) in [5, 5.41) is 15.9. The average molecular weight is 280 g/mol. The van der Waals surface area contributed by atoms with Crippen molar-refractivity contribution >= 4 is 5.69 Å². The van der Waals surface area contributed by atoms with Gasteiger partial charge in [0, 0.05) is 18.9 Å². The maximum atomic E-state index is 12.6. The molecule has 0 saturated carbocycles. The minimum atomic E-state index is -4.52. The molecule has 0 saturated heterocycles. The standard InChI is InChI=1S/C13H11F3N4/c1-20-5-4-11(19-20)8-18-10-2-3-12(13(14,15)16)9(6-10)7-17/h2-6,18H,8H2,1H3. The van der Waals surface area contributed by atoms with Gasteiger partial charge in [0.25, 0.3) is 0 Å². The lowest BCUT2D eigenvalue weighted by Crippen LogP contribution is -2.09. The molecule has 1 aromatic heterocycles. The quantitative estimate of drug-likeness (QED) is 0.940. The van der Waals surface area contributed by atoms with E-state index >= 15 is 0 Å². The van der Waals surface area contributed by atoms with Crippen LogP contribution in [0, 0.1) is 11.3 Å². The Bertz CT molecular complexity index is 652. The zero-order valence-electron chi connectivity index (χ0n) is 10.6. The van der Waals surface area contributed by atoms with E-state index in [1.807, 2.05) is 0 Å². The maximum absolute atomic E-state index is 12.6. The Kier molecular flexibility index (Phi) is 3.66. The highest BCUT2D eigenvalue weighted by Crippen LogP contribution is 2.33. The lowest BCUT2D eigenvalue weighted by Gasteiger charge is -2.11. The summed E-state index contributed by atoms with van der Waals surface area (Å²) in [6.45, 7) is 0.372. The van der Waals surface area contributed by atoms with Crippen LogP contribution in [-0.2, 0) is 19.8 Å². The first-order chi connectivity index (χ1) is 9.40. The van der Waals surface area contributed by atoms with Crippen molar-refractivity contribution in [3.63, 3.8) is 0 Å². The molecule has 104 valence electrons. The van der Waals surface area contributed by atoms with Crippen LogP contribution in [0.25, 0.3) is 0 Å². The molecule has 0 aliphatic carbocycles. The van der Waals surface area contributed by atoms with Crippen molar-refractivity contribution in [3.05, 3.63) is 47.3 Å². The molecule has 0 fully saturated rings. The van der Waals surface area contributed by atoms with Crippen LogP contribution in [0.3, 0.4) is 0 Å². The molecule has 0 bridgehead atoms. The largest absolute Gasteiger partial charge is 0.417 e. The van der Waals surface area contributed by atoms with Crippen LogP contribution in [0.15, 0.2) is 30.5 Å². The molecule has 1 N–H and O–H groups in total. The number of nitriles is 1. The van der Waals surface area contributed by atoms with Gasteiger partial charge in [-0.1, -0.05) is 0 Å². The Morgan fingerprint density at radius 3 is 2.65 bits per heavy atom. The van der Waals surface area contributed by atoms with Gasteiger partial charge in [-0.3, -0.25) is 4.68 Å². The zero-order valence-corrected chi connectivity index (χ0v) is 10.6. The fourth-order valence-corrected chi connectivity index (χ4v) is 1.74. The second-order valence-electron chi connectivity index (χ2n) is 4.20. The molecule has 2 aromatic rings. The van der Waals surface area contributed by atoms with Gasteiger partial charge in [-0.25, -0.2) is 0 Å². The van der Waals surface area contributed by atoms with E-state index < -0.39 is 17.3 Å². The van der Waals surface area contributed by atoms with Crippen molar-refractivity contribution in [2.45, 2.75) is 12.7 Å². The Balaban J connectivity index is 2.16. The zero-order chi connectivity index (χ0) is 14.8. The third-order valence-electron chi connectivity index (χ3n) is 2.69. The van der Waals surface area contributed by atoms with E-state index in [9.17, 15) is 13.2 Å². The molecule has 0 spiro atoms. The molecule has 1 heterocycles. The van der Waals surface area contributed by atoms with E-state index in [4.69, 9.17) is 5.26 Å². The first-order valence-electron chi connectivity index (χ1n) is 5.74. The highest BCUT2D eigenvalue weighted by molar-refractivity contribution is 5.53. The molecule has 2 rings (SSSR count). The summed E-state index contributed by atoms with van der Waals surface area (Å²) in [7, 11) is 1.77. The predicted molar refractivity (Wildman–Crippen MR) is 66.7 cm³/mol. The minimum Gasteiger partial charge on any atom is -0.379 e. The van der Waals surface area contributed by atoms with E-state index in [0.29, 0.717) is 12.2 Å². The van der Waals surface area contributed by atoms with Crippen LogP contribution in [0.1, 0.15) is 16.8 Å². The number of aryl methyl sites for hydroxylation is 1. The van der Waals surface area contributed by atoms with Crippen molar-refractivity contribution < 1.29 is 13.2 Å². The number of nitrogens with zero attached hydrogens (tertiary/aromatic N) is 3. The SMILES string of the molecule is Cn1ccc(CNc2ccc(C(F)(F)F)c(C#N)c2)n1. The second kappa shape index (κ2) is 5.25. The van der Waals surface area contributed by atoms with Gasteiger partial charge in [0.05, 0.1) is 29.4 Å². The first kappa shape index (κ1) is 13.9. The van der Waals surface area contributed by atoms with Gasteiger partial charge >= 0.3 is 6.18 Å². The minimum absolute atomic E-state index is 0.372. The summed E-state index contributed by atoms with van der Waals surface area (Å²) in [5.41, 5.74) is -0.127. The van der Waals surface area contributed by atoms with Crippen molar-refractivity contribution in [3.8, 4) is 6.07 Å². The Labute approximate surface area is 113 Å². The molecule has 7 heteroatoms. The van der Waals surface area contributed by atoms with Crippen molar-refractivity contribution in [1.29, 1.82) is 5.26 Å². The molecule has 20 heavy (non-hydrogen) atoms. The summed E-state index contributed by atoms with van der Waals surface area (Å²) in [4.78, 5) is 0. The number of alkyl halides is 3. The van der Waals surface area contributed by atoms with E-state index in [0.717, 1.165) is 11.8 Å². The van der Waals surface area contributed by atoms with Gasteiger partial charge in [0.2, 0.25) is 0 Å². The third-order valence-corrected chi connectivity index (χ3v) is 2.69. The van der Waals surface area contributed by atoms with Crippen molar-refractivity contribution in [2.75, 3.05) is 5.32 Å². The molecule has 0 radical (unpaired) electrons. The lowest BCUT2D eigenvalue weighted by atomic mass is 10.1. The number of rotatable bonds is 3. The fraction of sp³-hybridized carbons (Fsp3) is 0.231. The van der Waals surface area contributed by atoms with E-state index in [2.05, 4.69) is 10.4 Å². The number of nitrogens with one attached hydrogen (secondary N) is 1. The monoisotopic (exact) mass is 280 g/mol. The molecule has 4 nitrogen and oxygen atoms in total. The third kappa shape index (κ3) is 3.09. The van der Waals surface area contributed by atoms with Gasteiger partial charge in [-0.2, -0.15) is 23.5 Å². The maximum Gasteiger partial charge on any atom is 0.417 e. The molecule has 0 atom stereocenters.